The number of unbranched alkanes of at least 4 members (excludes halogenated alkanes) is 1. The first kappa shape index (κ1) is 25.4. The summed E-state index contributed by atoms with van der Waals surface area (Å²) >= 11 is 0. The van der Waals surface area contributed by atoms with Crippen molar-refractivity contribution in [1.82, 2.24) is 25.5 Å². The number of aromatic amines is 1. The maximum atomic E-state index is 13.2. The highest BCUT2D eigenvalue weighted by molar-refractivity contribution is 5.87. The summed E-state index contributed by atoms with van der Waals surface area (Å²) in [6.07, 6.45) is 1.54. The summed E-state index contributed by atoms with van der Waals surface area (Å²) < 4.78 is 0. The molecule has 3 rings (SSSR count). The van der Waals surface area contributed by atoms with Gasteiger partial charge in [0.05, 0.1) is 0 Å². The van der Waals surface area contributed by atoms with Crippen LogP contribution in [0.5, 0.6) is 0 Å². The number of carbonyl (C=O) groups excluding carboxylic acids is 1. The van der Waals surface area contributed by atoms with Crippen LogP contribution in [0.3, 0.4) is 0 Å². The molecule has 2 aromatic carbocycles. The van der Waals surface area contributed by atoms with E-state index < -0.39 is 17.6 Å². The van der Waals surface area contributed by atoms with E-state index in [1.165, 1.54) is 4.90 Å². The van der Waals surface area contributed by atoms with Crippen LogP contribution in [0.4, 0.5) is 0 Å². The van der Waals surface area contributed by atoms with Gasteiger partial charge in [0.1, 0.15) is 0 Å². The third-order valence-electron chi connectivity index (χ3n) is 5.89. The Morgan fingerprint density at radius 3 is 2.40 bits per heavy atom. The molecule has 1 unspecified atom stereocenters. The Balaban J connectivity index is 1.99. The Bertz CT molecular complexity index is 1200. The average molecular weight is 477 g/mol. The molecule has 1 amide bonds. The average Bonchev–Trinajstić information content (AvgIpc) is 3.39. The SMILES string of the molecule is CCCCC(=O)N(Cc1ccc(-c2ccccc2-c2nn[nH]n2)cc1)C(N=[N+]=[N-])(C(=O)O)C(C)C. The highest BCUT2D eigenvalue weighted by Gasteiger charge is 2.49. The maximum absolute atomic E-state index is 13.2. The van der Waals surface area contributed by atoms with Crippen molar-refractivity contribution in [1.29, 1.82) is 0 Å². The molecular formula is C24H28N8O3. The molecule has 0 aliphatic rings. The molecule has 0 saturated heterocycles. The molecule has 0 saturated carbocycles. The van der Waals surface area contributed by atoms with Gasteiger partial charge in [0.2, 0.25) is 17.4 Å². The summed E-state index contributed by atoms with van der Waals surface area (Å²) in [5, 5.41) is 27.9. The van der Waals surface area contributed by atoms with E-state index in [1.807, 2.05) is 55.5 Å². The van der Waals surface area contributed by atoms with E-state index in [4.69, 9.17) is 0 Å². The Morgan fingerprint density at radius 1 is 1.17 bits per heavy atom. The fraction of sp³-hybridized carbons (Fsp3) is 0.375. The zero-order valence-electron chi connectivity index (χ0n) is 19.9. The fourth-order valence-electron chi connectivity index (χ4n) is 3.99. The van der Waals surface area contributed by atoms with Gasteiger partial charge in [0.15, 0.2) is 0 Å². The van der Waals surface area contributed by atoms with Gasteiger partial charge in [-0.3, -0.25) is 4.79 Å². The lowest BCUT2D eigenvalue weighted by molar-refractivity contribution is -0.163. The van der Waals surface area contributed by atoms with Gasteiger partial charge in [-0.2, -0.15) is 5.21 Å². The second kappa shape index (κ2) is 11.3. The summed E-state index contributed by atoms with van der Waals surface area (Å²) in [4.78, 5) is 29.5. The quantitative estimate of drug-likeness (QED) is 0.229. The number of tetrazole rings is 1. The van der Waals surface area contributed by atoms with Gasteiger partial charge < -0.3 is 10.0 Å². The molecule has 0 aliphatic heterocycles. The molecular weight excluding hydrogens is 448 g/mol. The summed E-state index contributed by atoms with van der Waals surface area (Å²) in [5.74, 6) is -1.92. The van der Waals surface area contributed by atoms with Gasteiger partial charge in [-0.15, -0.1) is 10.2 Å². The number of aliphatic carboxylic acids is 1. The van der Waals surface area contributed by atoms with E-state index in [1.54, 1.807) is 13.8 Å². The molecule has 0 fully saturated rings. The molecule has 11 nitrogen and oxygen atoms in total. The van der Waals surface area contributed by atoms with Crippen molar-refractivity contribution in [2.75, 3.05) is 0 Å². The maximum Gasteiger partial charge on any atom is 0.336 e. The van der Waals surface area contributed by atoms with Gasteiger partial charge in [-0.25, -0.2) is 4.79 Å². The number of nitrogens with one attached hydrogen (secondary N) is 1. The minimum atomic E-state index is -2.04. The lowest BCUT2D eigenvalue weighted by Gasteiger charge is -2.40. The first-order chi connectivity index (χ1) is 16.8. The van der Waals surface area contributed by atoms with E-state index in [0.717, 1.165) is 23.1 Å². The number of H-pyrrole nitrogens is 1. The number of hydrogen-bond acceptors (Lipinski definition) is 6. The van der Waals surface area contributed by atoms with Crippen LogP contribution in [0, 0.1) is 5.92 Å². The van der Waals surface area contributed by atoms with Gasteiger partial charge in [0, 0.05) is 23.4 Å². The van der Waals surface area contributed by atoms with Crippen LogP contribution in [0.1, 0.15) is 45.6 Å². The summed E-state index contributed by atoms with van der Waals surface area (Å²) in [7, 11) is 0. The zero-order valence-corrected chi connectivity index (χ0v) is 19.9. The molecule has 0 bridgehead atoms. The number of carbonyl (C=O) groups is 2. The van der Waals surface area contributed by atoms with Crippen LogP contribution in [0.25, 0.3) is 33.0 Å². The van der Waals surface area contributed by atoms with E-state index in [2.05, 4.69) is 30.7 Å². The summed E-state index contributed by atoms with van der Waals surface area (Å²) in [5.41, 5.74) is 10.4. The summed E-state index contributed by atoms with van der Waals surface area (Å²) in [6.45, 7) is 5.18. The van der Waals surface area contributed by atoms with Crippen molar-refractivity contribution in [3.05, 3.63) is 64.5 Å². The normalized spacial score (nSPS) is 12.6. The van der Waals surface area contributed by atoms with E-state index in [9.17, 15) is 20.2 Å². The largest absolute Gasteiger partial charge is 0.479 e. The first-order valence-corrected chi connectivity index (χ1v) is 11.4. The Morgan fingerprint density at radius 2 is 1.86 bits per heavy atom. The molecule has 11 heteroatoms. The topological polar surface area (TPSA) is 161 Å². The van der Waals surface area contributed by atoms with Gasteiger partial charge in [0.25, 0.3) is 0 Å². The van der Waals surface area contributed by atoms with Crippen LogP contribution in [0.2, 0.25) is 0 Å². The lowest BCUT2D eigenvalue weighted by Crippen LogP contribution is -2.58. The van der Waals surface area contributed by atoms with Crippen LogP contribution >= 0.6 is 0 Å². The number of hydrogen-bond donors (Lipinski definition) is 2. The highest BCUT2D eigenvalue weighted by Crippen LogP contribution is 2.33. The Hall–Kier alpha value is -4.24. The van der Waals surface area contributed by atoms with Gasteiger partial charge >= 0.3 is 5.97 Å². The first-order valence-electron chi connectivity index (χ1n) is 11.4. The lowest BCUT2D eigenvalue weighted by atomic mass is 9.92. The van der Waals surface area contributed by atoms with Crippen molar-refractivity contribution in [2.24, 2.45) is 11.0 Å². The second-order valence-electron chi connectivity index (χ2n) is 8.44. The smallest absolute Gasteiger partial charge is 0.336 e. The predicted octanol–water partition coefficient (Wildman–Crippen LogP) is 4.80. The standard InChI is InChI=1S/C24H28N8O3/c1-4-5-10-21(33)32(24(16(2)3,23(34)35)28-29-25)15-17-11-13-18(14-12-17)19-8-6-7-9-20(19)22-26-30-31-27-22/h6-9,11-14,16H,4-5,10,15H2,1-3H3,(H,34,35)(H,26,27,30,31). The van der Waals surface area contributed by atoms with Crippen molar-refractivity contribution in [3.63, 3.8) is 0 Å². The van der Waals surface area contributed by atoms with Gasteiger partial charge in [-0.05, 0) is 39.8 Å². The second-order valence-corrected chi connectivity index (χ2v) is 8.44. The summed E-state index contributed by atoms with van der Waals surface area (Å²) in [6, 6.07) is 15.0. The number of amides is 1. The third-order valence-corrected chi connectivity index (χ3v) is 5.89. The minimum Gasteiger partial charge on any atom is -0.479 e. The monoisotopic (exact) mass is 476 g/mol. The van der Waals surface area contributed by atoms with Crippen molar-refractivity contribution in [3.8, 4) is 22.5 Å². The fourth-order valence-corrected chi connectivity index (χ4v) is 3.99. The van der Waals surface area contributed by atoms with Crippen LogP contribution < -0.4 is 0 Å². The molecule has 1 atom stereocenters. The molecule has 1 heterocycles. The molecule has 0 aliphatic carbocycles. The number of benzene rings is 2. The Kier molecular flexibility index (Phi) is 8.17. The molecule has 182 valence electrons. The minimum absolute atomic E-state index is 0.0151. The number of carboxylic acid groups (broad SMARTS) is 1. The van der Waals surface area contributed by atoms with E-state index >= 15 is 0 Å². The molecule has 3 aromatic rings. The van der Waals surface area contributed by atoms with Crippen molar-refractivity contribution < 1.29 is 14.7 Å². The molecule has 35 heavy (non-hydrogen) atoms. The predicted molar refractivity (Wildman–Crippen MR) is 129 cm³/mol. The van der Waals surface area contributed by atoms with Crippen molar-refractivity contribution in [2.45, 2.75) is 52.2 Å². The van der Waals surface area contributed by atoms with Crippen LogP contribution in [-0.4, -0.2) is 48.2 Å². The Labute approximate surface area is 202 Å². The number of nitrogens with zero attached hydrogens (tertiary/aromatic N) is 7. The number of azide groups is 1. The van der Waals surface area contributed by atoms with E-state index in [-0.39, 0.29) is 18.9 Å². The third kappa shape index (κ3) is 5.30. The van der Waals surface area contributed by atoms with E-state index in [0.29, 0.717) is 17.8 Å². The zero-order chi connectivity index (χ0) is 25.4. The molecule has 0 spiro atoms. The van der Waals surface area contributed by atoms with Crippen LogP contribution in [-0.2, 0) is 16.1 Å². The van der Waals surface area contributed by atoms with Crippen LogP contribution in [0.15, 0.2) is 53.6 Å². The molecule has 2 N–H and O–H groups in total. The number of aromatic nitrogens is 4. The molecule has 0 radical (unpaired) electrons. The highest BCUT2D eigenvalue weighted by atomic mass is 16.4. The number of carboxylic acids is 1. The number of rotatable bonds is 11. The van der Waals surface area contributed by atoms with Gasteiger partial charge in [-0.1, -0.05) is 80.8 Å². The molecule has 1 aromatic heterocycles. The van der Waals surface area contributed by atoms with Crippen molar-refractivity contribution >= 4 is 11.9 Å².